The van der Waals surface area contributed by atoms with Crippen LogP contribution in [-0.4, -0.2) is 43.6 Å². The standard InChI is InChI=1S/C13H17N3O3S.ClH/c1-10-8-14-6-7-16(10)20(17,18)9-12-11-4-2-3-5-13(11)19-15-12;/h2-5,10,14H,6-9H2,1H3;1H. The molecule has 6 nitrogen and oxygen atoms in total. The van der Waals surface area contributed by atoms with Crippen LogP contribution in [0, 0.1) is 0 Å². The fourth-order valence-electron chi connectivity index (χ4n) is 2.53. The molecule has 0 bridgehead atoms. The quantitative estimate of drug-likeness (QED) is 0.919. The summed E-state index contributed by atoms with van der Waals surface area (Å²) in [7, 11) is -3.38. The molecule has 0 aliphatic carbocycles. The summed E-state index contributed by atoms with van der Waals surface area (Å²) in [4.78, 5) is 0. The molecule has 2 heterocycles. The second-order valence-electron chi connectivity index (χ2n) is 5.05. The molecule has 0 radical (unpaired) electrons. The van der Waals surface area contributed by atoms with Gasteiger partial charge in [0.25, 0.3) is 0 Å². The molecule has 1 unspecified atom stereocenters. The number of hydrogen-bond donors (Lipinski definition) is 1. The molecule has 1 aliphatic heterocycles. The maximum atomic E-state index is 12.5. The van der Waals surface area contributed by atoms with Gasteiger partial charge in [-0.25, -0.2) is 8.42 Å². The van der Waals surface area contributed by atoms with Crippen LogP contribution in [0.25, 0.3) is 11.0 Å². The Morgan fingerprint density at radius 2 is 2.19 bits per heavy atom. The van der Waals surface area contributed by atoms with E-state index >= 15 is 0 Å². The Morgan fingerprint density at radius 1 is 1.43 bits per heavy atom. The van der Waals surface area contributed by atoms with Crippen LogP contribution < -0.4 is 5.32 Å². The number of benzene rings is 1. The Hall–Kier alpha value is -1.15. The van der Waals surface area contributed by atoms with E-state index in [0.717, 1.165) is 5.39 Å². The number of para-hydroxylation sites is 1. The summed E-state index contributed by atoms with van der Waals surface area (Å²) in [5.41, 5.74) is 1.09. The lowest BCUT2D eigenvalue weighted by atomic mass is 10.2. The third-order valence-electron chi connectivity index (χ3n) is 3.57. The first-order chi connectivity index (χ1) is 9.58. The molecule has 1 aromatic heterocycles. The molecule has 8 heteroatoms. The Bertz CT molecular complexity index is 716. The van der Waals surface area contributed by atoms with Crippen molar-refractivity contribution in [3.8, 4) is 0 Å². The number of piperazine rings is 1. The maximum Gasteiger partial charge on any atom is 0.220 e. The monoisotopic (exact) mass is 331 g/mol. The van der Waals surface area contributed by atoms with E-state index in [4.69, 9.17) is 4.52 Å². The molecule has 2 aromatic rings. The first-order valence-corrected chi connectivity index (χ1v) is 8.22. The van der Waals surface area contributed by atoms with Crippen molar-refractivity contribution in [2.75, 3.05) is 19.6 Å². The zero-order chi connectivity index (χ0) is 14.2. The normalized spacial score (nSPS) is 20.3. The fraction of sp³-hybridized carbons (Fsp3) is 0.462. The summed E-state index contributed by atoms with van der Waals surface area (Å²) in [6, 6.07) is 7.27. The number of rotatable bonds is 3. The summed E-state index contributed by atoms with van der Waals surface area (Å²) < 4.78 is 31.8. The molecule has 1 N–H and O–H groups in total. The van der Waals surface area contributed by atoms with Gasteiger partial charge in [0.1, 0.15) is 11.4 Å². The van der Waals surface area contributed by atoms with Crippen molar-refractivity contribution in [2.24, 2.45) is 0 Å². The van der Waals surface area contributed by atoms with Crippen molar-refractivity contribution >= 4 is 33.4 Å². The van der Waals surface area contributed by atoms with Crippen LogP contribution in [0.1, 0.15) is 12.6 Å². The summed E-state index contributed by atoms with van der Waals surface area (Å²) in [5.74, 6) is -0.117. The van der Waals surface area contributed by atoms with Gasteiger partial charge in [-0.15, -0.1) is 12.4 Å². The second-order valence-corrected chi connectivity index (χ2v) is 6.97. The van der Waals surface area contributed by atoms with Crippen LogP contribution in [0.2, 0.25) is 0 Å². The maximum absolute atomic E-state index is 12.5. The lowest BCUT2D eigenvalue weighted by molar-refractivity contribution is 0.283. The fourth-order valence-corrected chi connectivity index (χ4v) is 4.25. The molecule has 1 aromatic carbocycles. The van der Waals surface area contributed by atoms with Gasteiger partial charge >= 0.3 is 0 Å². The van der Waals surface area contributed by atoms with Crippen molar-refractivity contribution < 1.29 is 12.9 Å². The van der Waals surface area contributed by atoms with E-state index in [1.54, 1.807) is 10.4 Å². The highest BCUT2D eigenvalue weighted by Gasteiger charge is 2.30. The van der Waals surface area contributed by atoms with E-state index in [2.05, 4.69) is 10.5 Å². The minimum atomic E-state index is -3.38. The van der Waals surface area contributed by atoms with Crippen molar-refractivity contribution in [1.82, 2.24) is 14.8 Å². The number of halogens is 1. The third-order valence-corrected chi connectivity index (χ3v) is 5.46. The Morgan fingerprint density at radius 3 is 2.95 bits per heavy atom. The highest BCUT2D eigenvalue weighted by molar-refractivity contribution is 7.88. The van der Waals surface area contributed by atoms with Crippen LogP contribution in [0.3, 0.4) is 0 Å². The van der Waals surface area contributed by atoms with Gasteiger partial charge in [0, 0.05) is 31.1 Å². The number of aromatic nitrogens is 1. The van der Waals surface area contributed by atoms with Gasteiger partial charge < -0.3 is 9.84 Å². The van der Waals surface area contributed by atoms with Crippen LogP contribution in [-0.2, 0) is 15.8 Å². The van der Waals surface area contributed by atoms with Gasteiger partial charge in [-0.05, 0) is 19.1 Å². The lowest BCUT2D eigenvalue weighted by Gasteiger charge is -2.32. The lowest BCUT2D eigenvalue weighted by Crippen LogP contribution is -2.52. The number of nitrogens with zero attached hydrogens (tertiary/aromatic N) is 2. The topological polar surface area (TPSA) is 75.4 Å². The minimum absolute atomic E-state index is 0. The zero-order valence-corrected chi connectivity index (χ0v) is 13.3. The van der Waals surface area contributed by atoms with Gasteiger partial charge in [0.05, 0.1) is 0 Å². The predicted octanol–water partition coefficient (Wildman–Crippen LogP) is 1.37. The highest BCUT2D eigenvalue weighted by Crippen LogP contribution is 2.22. The molecule has 21 heavy (non-hydrogen) atoms. The molecule has 0 spiro atoms. The first-order valence-electron chi connectivity index (χ1n) is 6.61. The van der Waals surface area contributed by atoms with Gasteiger partial charge in [-0.3, -0.25) is 0 Å². The van der Waals surface area contributed by atoms with Crippen LogP contribution in [0.15, 0.2) is 28.8 Å². The molecule has 1 aliphatic rings. The summed E-state index contributed by atoms with van der Waals surface area (Å²) in [6.45, 7) is 3.77. The van der Waals surface area contributed by atoms with Crippen molar-refractivity contribution in [1.29, 1.82) is 0 Å². The molecular formula is C13H18ClN3O3S. The van der Waals surface area contributed by atoms with Crippen LogP contribution in [0.5, 0.6) is 0 Å². The van der Waals surface area contributed by atoms with Crippen molar-refractivity contribution in [3.05, 3.63) is 30.0 Å². The van der Waals surface area contributed by atoms with Crippen molar-refractivity contribution in [2.45, 2.75) is 18.7 Å². The van der Waals surface area contributed by atoms with Crippen LogP contribution >= 0.6 is 12.4 Å². The number of sulfonamides is 1. The average molecular weight is 332 g/mol. The van der Waals surface area contributed by atoms with E-state index < -0.39 is 10.0 Å². The Labute approximate surface area is 129 Å². The SMILES string of the molecule is CC1CNCCN1S(=O)(=O)Cc1noc2ccccc12.Cl. The average Bonchev–Trinajstić information content (AvgIpc) is 2.82. The number of fused-ring (bicyclic) bond motifs is 1. The molecule has 0 saturated carbocycles. The minimum Gasteiger partial charge on any atom is -0.356 e. The molecule has 0 amide bonds. The largest absolute Gasteiger partial charge is 0.356 e. The second kappa shape index (κ2) is 6.31. The molecule has 1 atom stereocenters. The molecule has 1 saturated heterocycles. The van der Waals surface area contributed by atoms with E-state index in [-0.39, 0.29) is 24.2 Å². The summed E-state index contributed by atoms with van der Waals surface area (Å²) >= 11 is 0. The van der Waals surface area contributed by atoms with Gasteiger partial charge in [0.15, 0.2) is 5.58 Å². The molecule has 1 fully saturated rings. The summed E-state index contributed by atoms with van der Waals surface area (Å²) in [5, 5.41) is 7.85. The predicted molar refractivity (Wildman–Crippen MR) is 82.9 cm³/mol. The van der Waals surface area contributed by atoms with Crippen molar-refractivity contribution in [3.63, 3.8) is 0 Å². The van der Waals surface area contributed by atoms with Gasteiger partial charge in [-0.2, -0.15) is 4.31 Å². The number of nitrogens with one attached hydrogen (secondary N) is 1. The number of hydrogen-bond acceptors (Lipinski definition) is 5. The molecular weight excluding hydrogens is 314 g/mol. The zero-order valence-electron chi connectivity index (χ0n) is 11.7. The molecule has 3 rings (SSSR count). The highest BCUT2D eigenvalue weighted by atomic mass is 35.5. The first kappa shape index (κ1) is 16.2. The molecule has 116 valence electrons. The Kier molecular flexibility index (Phi) is 4.88. The third kappa shape index (κ3) is 3.21. The Balaban J connectivity index is 0.00000161. The van der Waals surface area contributed by atoms with E-state index in [1.165, 1.54) is 0 Å². The van der Waals surface area contributed by atoms with E-state index in [1.807, 2.05) is 25.1 Å². The smallest absolute Gasteiger partial charge is 0.220 e. The van der Waals surface area contributed by atoms with Gasteiger partial charge in [-0.1, -0.05) is 17.3 Å². The van der Waals surface area contributed by atoms with Crippen LogP contribution in [0.4, 0.5) is 0 Å². The van der Waals surface area contributed by atoms with E-state index in [9.17, 15) is 8.42 Å². The van der Waals surface area contributed by atoms with E-state index in [0.29, 0.717) is 30.9 Å². The summed E-state index contributed by atoms with van der Waals surface area (Å²) in [6.07, 6.45) is 0. The van der Waals surface area contributed by atoms with Gasteiger partial charge in [0.2, 0.25) is 10.0 Å².